The number of carbonyl (C=O) groups is 2. The van der Waals surface area contributed by atoms with Crippen LogP contribution < -0.4 is 5.32 Å². The van der Waals surface area contributed by atoms with E-state index in [0.29, 0.717) is 24.6 Å². The van der Waals surface area contributed by atoms with Crippen molar-refractivity contribution in [1.29, 1.82) is 0 Å². The Kier molecular flexibility index (Phi) is 6.89. The summed E-state index contributed by atoms with van der Waals surface area (Å²) in [5, 5.41) is 3.68. The Morgan fingerprint density at radius 2 is 2.26 bits per heavy atom. The number of aromatic nitrogens is 1. The number of thioether (sulfide) groups is 1. The topological polar surface area (TPSA) is 62.3 Å². The standard InChI is InChI=1S/C17H25N3O2S/c1-3-23-15-12-14(7-9-18-15)17(22)19-10-8-16(21)20-11-5-4-6-13(20)2/h7,9,12-13H,3-6,8,10-11H2,1-2H3,(H,19,22)/t13-/m1/s1. The summed E-state index contributed by atoms with van der Waals surface area (Å²) in [6.45, 7) is 5.36. The Labute approximate surface area is 142 Å². The second-order valence-electron chi connectivity index (χ2n) is 5.75. The van der Waals surface area contributed by atoms with E-state index in [4.69, 9.17) is 0 Å². The van der Waals surface area contributed by atoms with E-state index in [-0.39, 0.29) is 11.8 Å². The molecule has 2 heterocycles. The van der Waals surface area contributed by atoms with Gasteiger partial charge >= 0.3 is 0 Å². The maximum atomic E-state index is 12.2. The zero-order chi connectivity index (χ0) is 16.7. The molecule has 1 aromatic heterocycles. The minimum absolute atomic E-state index is 0.134. The normalized spacial score (nSPS) is 17.8. The third kappa shape index (κ3) is 5.23. The molecule has 1 aliphatic heterocycles. The van der Waals surface area contributed by atoms with Crippen LogP contribution >= 0.6 is 11.8 Å². The van der Waals surface area contributed by atoms with Crippen LogP contribution in [-0.4, -0.2) is 46.6 Å². The van der Waals surface area contributed by atoms with Crippen LogP contribution in [0.4, 0.5) is 0 Å². The fourth-order valence-electron chi connectivity index (χ4n) is 2.77. The van der Waals surface area contributed by atoms with E-state index < -0.39 is 0 Å². The van der Waals surface area contributed by atoms with E-state index in [1.807, 2.05) is 11.8 Å². The van der Waals surface area contributed by atoms with Crippen LogP contribution in [0.2, 0.25) is 0 Å². The van der Waals surface area contributed by atoms with Gasteiger partial charge < -0.3 is 10.2 Å². The first-order chi connectivity index (χ1) is 11.1. The molecule has 6 heteroatoms. The van der Waals surface area contributed by atoms with Crippen molar-refractivity contribution in [2.24, 2.45) is 0 Å². The highest BCUT2D eigenvalue weighted by molar-refractivity contribution is 7.99. The Morgan fingerprint density at radius 1 is 1.43 bits per heavy atom. The molecule has 0 spiro atoms. The van der Waals surface area contributed by atoms with E-state index in [1.54, 1.807) is 30.1 Å². The van der Waals surface area contributed by atoms with Crippen molar-refractivity contribution in [3.8, 4) is 0 Å². The molecule has 2 amide bonds. The van der Waals surface area contributed by atoms with Gasteiger partial charge in [0.1, 0.15) is 0 Å². The predicted molar refractivity (Wildman–Crippen MR) is 92.6 cm³/mol. The molecule has 0 radical (unpaired) electrons. The Morgan fingerprint density at radius 3 is 3.00 bits per heavy atom. The molecule has 0 aliphatic carbocycles. The Balaban J connectivity index is 1.80. The molecule has 126 valence electrons. The monoisotopic (exact) mass is 335 g/mol. The molecule has 23 heavy (non-hydrogen) atoms. The van der Waals surface area contributed by atoms with Crippen molar-refractivity contribution in [3.63, 3.8) is 0 Å². The van der Waals surface area contributed by atoms with Gasteiger partial charge in [-0.15, -0.1) is 11.8 Å². The van der Waals surface area contributed by atoms with Gasteiger partial charge in [-0.3, -0.25) is 9.59 Å². The number of carbonyl (C=O) groups excluding carboxylic acids is 2. The summed E-state index contributed by atoms with van der Waals surface area (Å²) in [5.74, 6) is 0.903. The third-order valence-electron chi connectivity index (χ3n) is 4.04. The molecular formula is C17H25N3O2S. The molecule has 1 aliphatic rings. The van der Waals surface area contributed by atoms with E-state index in [2.05, 4.69) is 17.2 Å². The van der Waals surface area contributed by atoms with E-state index in [0.717, 1.165) is 30.2 Å². The molecular weight excluding hydrogens is 310 g/mol. The highest BCUT2D eigenvalue weighted by Gasteiger charge is 2.22. The average Bonchev–Trinajstić information content (AvgIpc) is 2.55. The summed E-state index contributed by atoms with van der Waals surface area (Å²) in [7, 11) is 0. The zero-order valence-electron chi connectivity index (χ0n) is 13.9. The number of likely N-dealkylation sites (tertiary alicyclic amines) is 1. The lowest BCUT2D eigenvalue weighted by Crippen LogP contribution is -2.43. The zero-order valence-corrected chi connectivity index (χ0v) is 14.7. The van der Waals surface area contributed by atoms with Crippen molar-refractivity contribution in [2.45, 2.75) is 50.6 Å². The molecule has 1 N–H and O–H groups in total. The highest BCUT2D eigenvalue weighted by atomic mass is 32.2. The Bertz CT molecular complexity index is 550. The minimum Gasteiger partial charge on any atom is -0.352 e. The number of nitrogens with zero attached hydrogens (tertiary/aromatic N) is 2. The van der Waals surface area contributed by atoms with Crippen molar-refractivity contribution in [3.05, 3.63) is 23.9 Å². The number of hydrogen-bond donors (Lipinski definition) is 1. The van der Waals surface area contributed by atoms with Crippen molar-refractivity contribution in [1.82, 2.24) is 15.2 Å². The first-order valence-electron chi connectivity index (χ1n) is 8.28. The number of piperidine rings is 1. The minimum atomic E-state index is -0.148. The van der Waals surface area contributed by atoms with Gasteiger partial charge in [0.2, 0.25) is 5.91 Å². The highest BCUT2D eigenvalue weighted by Crippen LogP contribution is 2.17. The van der Waals surface area contributed by atoms with Gasteiger partial charge in [0.15, 0.2) is 0 Å². The van der Waals surface area contributed by atoms with E-state index in [1.165, 1.54) is 6.42 Å². The SMILES string of the molecule is CCSc1cc(C(=O)NCCC(=O)N2CCCC[C@H]2C)ccn1. The summed E-state index contributed by atoms with van der Waals surface area (Å²) in [5.41, 5.74) is 0.592. The largest absolute Gasteiger partial charge is 0.352 e. The maximum absolute atomic E-state index is 12.2. The van der Waals surface area contributed by atoms with E-state index in [9.17, 15) is 9.59 Å². The molecule has 0 unspecified atom stereocenters. The summed E-state index contributed by atoms with van der Waals surface area (Å²) < 4.78 is 0. The number of amides is 2. The lowest BCUT2D eigenvalue weighted by molar-refractivity contribution is -0.134. The van der Waals surface area contributed by atoms with Crippen LogP contribution in [0.15, 0.2) is 23.4 Å². The van der Waals surface area contributed by atoms with Crippen molar-refractivity contribution in [2.75, 3.05) is 18.8 Å². The maximum Gasteiger partial charge on any atom is 0.251 e. The van der Waals surface area contributed by atoms with Crippen molar-refractivity contribution < 1.29 is 9.59 Å². The molecule has 1 saturated heterocycles. The lowest BCUT2D eigenvalue weighted by atomic mass is 10.0. The van der Waals surface area contributed by atoms with Gasteiger partial charge in [0.05, 0.1) is 5.03 Å². The van der Waals surface area contributed by atoms with Crippen LogP contribution in [0.3, 0.4) is 0 Å². The molecule has 1 atom stereocenters. The number of rotatable bonds is 6. The summed E-state index contributed by atoms with van der Waals surface area (Å²) in [6.07, 6.45) is 5.36. The van der Waals surface area contributed by atoms with Gasteiger partial charge in [-0.1, -0.05) is 6.92 Å². The molecule has 0 bridgehead atoms. The fourth-order valence-corrected chi connectivity index (χ4v) is 3.42. The van der Waals surface area contributed by atoms with E-state index >= 15 is 0 Å². The second-order valence-corrected chi connectivity index (χ2v) is 7.04. The van der Waals surface area contributed by atoms with Crippen molar-refractivity contribution >= 4 is 23.6 Å². The van der Waals surface area contributed by atoms with Gasteiger partial charge in [0.25, 0.3) is 5.91 Å². The second kappa shape index (κ2) is 8.91. The first-order valence-corrected chi connectivity index (χ1v) is 9.27. The van der Waals surface area contributed by atoms with Gasteiger partial charge in [-0.25, -0.2) is 4.98 Å². The molecule has 0 saturated carbocycles. The number of hydrogen-bond acceptors (Lipinski definition) is 4. The lowest BCUT2D eigenvalue weighted by Gasteiger charge is -2.33. The fraction of sp³-hybridized carbons (Fsp3) is 0.588. The molecule has 0 aromatic carbocycles. The first kappa shape index (κ1) is 17.8. The molecule has 1 aromatic rings. The van der Waals surface area contributed by atoms with Crippen LogP contribution in [0.1, 0.15) is 49.9 Å². The van der Waals surface area contributed by atoms with Crippen LogP contribution in [0, 0.1) is 0 Å². The molecule has 2 rings (SSSR count). The molecule has 1 fully saturated rings. The van der Waals surface area contributed by atoms with Crippen LogP contribution in [0.5, 0.6) is 0 Å². The molecule has 5 nitrogen and oxygen atoms in total. The quantitative estimate of drug-likeness (QED) is 0.812. The summed E-state index contributed by atoms with van der Waals surface area (Å²) in [4.78, 5) is 30.5. The van der Waals surface area contributed by atoms with Gasteiger partial charge in [-0.2, -0.15) is 0 Å². The third-order valence-corrected chi connectivity index (χ3v) is 4.84. The Hall–Kier alpha value is -1.56. The van der Waals surface area contributed by atoms with Gasteiger partial charge in [-0.05, 0) is 44.1 Å². The smallest absolute Gasteiger partial charge is 0.251 e. The summed E-state index contributed by atoms with van der Waals surface area (Å²) in [6, 6.07) is 3.81. The summed E-state index contributed by atoms with van der Waals surface area (Å²) >= 11 is 1.60. The number of nitrogens with one attached hydrogen (secondary N) is 1. The van der Waals surface area contributed by atoms with Crippen LogP contribution in [-0.2, 0) is 4.79 Å². The van der Waals surface area contributed by atoms with Gasteiger partial charge in [0, 0.05) is 37.3 Å². The number of pyridine rings is 1. The predicted octanol–water partition coefficient (Wildman–Crippen LogP) is 2.71. The van der Waals surface area contributed by atoms with Crippen LogP contribution in [0.25, 0.3) is 0 Å². The average molecular weight is 335 g/mol.